The Morgan fingerprint density at radius 2 is 2.71 bits per heavy atom. The van der Waals surface area contributed by atoms with Crippen molar-refractivity contribution in [2.75, 3.05) is 0 Å². The number of nitrogens with one attached hydrogen (secondary N) is 1. The van der Waals surface area contributed by atoms with Gasteiger partial charge in [0, 0.05) is 6.42 Å². The van der Waals surface area contributed by atoms with Gasteiger partial charge < -0.3 is 0 Å². The van der Waals surface area contributed by atoms with Crippen LogP contribution in [0.5, 0.6) is 0 Å². The van der Waals surface area contributed by atoms with Gasteiger partial charge in [-0.2, -0.15) is 0 Å². The zero-order valence-corrected chi connectivity index (χ0v) is 4.05. The van der Waals surface area contributed by atoms with Crippen LogP contribution in [0.3, 0.4) is 0 Å². The van der Waals surface area contributed by atoms with E-state index in [9.17, 15) is 0 Å². The van der Waals surface area contributed by atoms with Gasteiger partial charge in [0.1, 0.15) is 0 Å². The molecule has 7 heavy (non-hydrogen) atoms. The van der Waals surface area contributed by atoms with Crippen molar-refractivity contribution in [2.45, 2.75) is 6.92 Å². The highest BCUT2D eigenvalue weighted by molar-refractivity contribution is 5.01. The van der Waals surface area contributed by atoms with Crippen molar-refractivity contribution in [2.24, 2.45) is 0 Å². The van der Waals surface area contributed by atoms with Crippen LogP contribution in [0.2, 0.25) is 0 Å². The maximum absolute atomic E-state index is 3.56. The SMILES string of the molecule is C[CH]c1cnn[nH]1. The van der Waals surface area contributed by atoms with Crippen LogP contribution < -0.4 is 0 Å². The molecule has 3 nitrogen and oxygen atoms in total. The standard InChI is InChI=1S/C4H6N3/c1-2-4-3-5-7-6-4/h2-3H,1H3,(H,5,6,7). The van der Waals surface area contributed by atoms with Crippen molar-refractivity contribution in [3.8, 4) is 0 Å². The lowest BCUT2D eigenvalue weighted by Crippen LogP contribution is -1.73. The second kappa shape index (κ2) is 1.73. The minimum absolute atomic E-state index is 0.958. The molecule has 0 aliphatic heterocycles. The van der Waals surface area contributed by atoms with Crippen molar-refractivity contribution >= 4 is 0 Å². The molecule has 0 aliphatic rings. The fourth-order valence-corrected chi connectivity index (χ4v) is 0.346. The average molecular weight is 96.1 g/mol. The summed E-state index contributed by atoms with van der Waals surface area (Å²) in [5, 5.41) is 9.71. The van der Waals surface area contributed by atoms with E-state index in [0.717, 1.165) is 5.69 Å². The maximum Gasteiger partial charge on any atom is 0.0725 e. The van der Waals surface area contributed by atoms with Crippen LogP contribution in [0, 0.1) is 6.42 Å². The second-order valence-corrected chi connectivity index (χ2v) is 1.20. The van der Waals surface area contributed by atoms with E-state index in [-0.39, 0.29) is 0 Å². The summed E-state index contributed by atoms with van der Waals surface area (Å²) in [4.78, 5) is 0. The van der Waals surface area contributed by atoms with Gasteiger partial charge in [-0.1, -0.05) is 12.1 Å². The zero-order chi connectivity index (χ0) is 5.11. The molecule has 0 bridgehead atoms. The van der Waals surface area contributed by atoms with E-state index in [1.54, 1.807) is 6.20 Å². The van der Waals surface area contributed by atoms with Crippen molar-refractivity contribution < 1.29 is 0 Å². The molecule has 1 heterocycles. The van der Waals surface area contributed by atoms with E-state index in [0.29, 0.717) is 0 Å². The largest absolute Gasteiger partial charge is 0.262 e. The summed E-state index contributed by atoms with van der Waals surface area (Å²) in [5.74, 6) is 0. The first-order valence-electron chi connectivity index (χ1n) is 2.09. The van der Waals surface area contributed by atoms with Crippen molar-refractivity contribution in [1.29, 1.82) is 0 Å². The van der Waals surface area contributed by atoms with E-state index < -0.39 is 0 Å². The molecule has 0 aromatic carbocycles. The molecule has 3 heteroatoms. The Morgan fingerprint density at radius 1 is 1.86 bits per heavy atom. The molecule has 37 valence electrons. The van der Waals surface area contributed by atoms with Gasteiger partial charge in [-0.15, -0.1) is 5.10 Å². The third-order valence-corrected chi connectivity index (χ3v) is 0.745. The van der Waals surface area contributed by atoms with E-state index in [2.05, 4.69) is 15.4 Å². The van der Waals surface area contributed by atoms with Gasteiger partial charge in [0.15, 0.2) is 0 Å². The topological polar surface area (TPSA) is 41.6 Å². The Morgan fingerprint density at radius 3 is 3.00 bits per heavy atom. The number of hydrogen-bond acceptors (Lipinski definition) is 2. The fraction of sp³-hybridized carbons (Fsp3) is 0.250. The Kier molecular flexibility index (Phi) is 1.06. The number of nitrogens with zero attached hydrogens (tertiary/aromatic N) is 2. The van der Waals surface area contributed by atoms with Crippen molar-refractivity contribution in [1.82, 2.24) is 15.4 Å². The number of hydrogen-bond donors (Lipinski definition) is 1. The second-order valence-electron chi connectivity index (χ2n) is 1.20. The zero-order valence-electron chi connectivity index (χ0n) is 4.05. The van der Waals surface area contributed by atoms with E-state index >= 15 is 0 Å². The third-order valence-electron chi connectivity index (χ3n) is 0.745. The van der Waals surface area contributed by atoms with Crippen LogP contribution in [-0.4, -0.2) is 15.4 Å². The predicted octanol–water partition coefficient (Wildman–Crippen LogP) is 0.377. The number of H-pyrrole nitrogens is 1. The Labute approximate surface area is 41.7 Å². The first kappa shape index (κ1) is 4.30. The number of aromatic amines is 1. The van der Waals surface area contributed by atoms with Gasteiger partial charge in [0.2, 0.25) is 0 Å². The van der Waals surface area contributed by atoms with Crippen molar-refractivity contribution in [3.05, 3.63) is 18.3 Å². The number of rotatable bonds is 1. The Hall–Kier alpha value is -0.860. The molecule has 0 atom stereocenters. The van der Waals surface area contributed by atoms with E-state index in [1.807, 2.05) is 13.3 Å². The van der Waals surface area contributed by atoms with Crippen LogP contribution in [0.25, 0.3) is 0 Å². The van der Waals surface area contributed by atoms with Crippen LogP contribution in [0.1, 0.15) is 12.6 Å². The van der Waals surface area contributed by atoms with Crippen molar-refractivity contribution in [3.63, 3.8) is 0 Å². The molecule has 0 saturated carbocycles. The number of aromatic nitrogens is 3. The quantitative estimate of drug-likeness (QED) is 0.549. The molecule has 0 amide bonds. The molecule has 0 aliphatic carbocycles. The lowest BCUT2D eigenvalue weighted by molar-refractivity contribution is 0.930. The van der Waals surface area contributed by atoms with Gasteiger partial charge >= 0.3 is 0 Å². The summed E-state index contributed by atoms with van der Waals surface area (Å²) in [6.45, 7) is 1.93. The third kappa shape index (κ3) is 0.765. The van der Waals surface area contributed by atoms with Crippen LogP contribution in [0.15, 0.2) is 6.20 Å². The molecule has 1 aromatic heterocycles. The monoisotopic (exact) mass is 96.1 g/mol. The molecule has 0 saturated heterocycles. The van der Waals surface area contributed by atoms with Gasteiger partial charge in [0.05, 0.1) is 11.9 Å². The smallest absolute Gasteiger partial charge is 0.0725 e. The highest BCUT2D eigenvalue weighted by Gasteiger charge is 1.84. The molecule has 0 fully saturated rings. The molecular weight excluding hydrogens is 90.1 g/mol. The Balaban J connectivity index is 2.76. The molecule has 0 unspecified atom stereocenters. The minimum Gasteiger partial charge on any atom is -0.262 e. The molecule has 0 spiro atoms. The average Bonchev–Trinajstić information content (AvgIpc) is 2.14. The fourth-order valence-electron chi connectivity index (χ4n) is 0.346. The summed E-state index contributed by atoms with van der Waals surface area (Å²) in [7, 11) is 0. The molecule has 1 N–H and O–H groups in total. The first-order chi connectivity index (χ1) is 3.43. The maximum atomic E-state index is 3.56. The first-order valence-corrected chi connectivity index (χ1v) is 2.09. The van der Waals surface area contributed by atoms with E-state index in [4.69, 9.17) is 0 Å². The minimum atomic E-state index is 0.958. The van der Waals surface area contributed by atoms with Gasteiger partial charge in [-0.3, -0.25) is 5.10 Å². The highest BCUT2D eigenvalue weighted by atomic mass is 15.3. The summed E-state index contributed by atoms with van der Waals surface area (Å²) in [6.07, 6.45) is 3.57. The molecule has 1 rings (SSSR count). The summed E-state index contributed by atoms with van der Waals surface area (Å²) >= 11 is 0. The molecule has 1 aromatic rings. The molecule has 1 radical (unpaired) electrons. The van der Waals surface area contributed by atoms with Gasteiger partial charge in [0.25, 0.3) is 0 Å². The Bertz CT molecular complexity index is 121. The van der Waals surface area contributed by atoms with Gasteiger partial charge in [-0.05, 0) is 0 Å². The van der Waals surface area contributed by atoms with Crippen LogP contribution in [-0.2, 0) is 0 Å². The summed E-state index contributed by atoms with van der Waals surface area (Å²) in [6, 6.07) is 0. The van der Waals surface area contributed by atoms with E-state index in [1.165, 1.54) is 0 Å². The molecular formula is C4H6N3. The highest BCUT2D eigenvalue weighted by Crippen LogP contribution is 1.88. The predicted molar refractivity (Wildman–Crippen MR) is 25.5 cm³/mol. The summed E-state index contributed by atoms with van der Waals surface area (Å²) in [5.41, 5.74) is 0.958. The van der Waals surface area contributed by atoms with Crippen LogP contribution in [0.4, 0.5) is 0 Å². The van der Waals surface area contributed by atoms with Gasteiger partial charge in [-0.25, -0.2) is 0 Å². The van der Waals surface area contributed by atoms with Crippen LogP contribution >= 0.6 is 0 Å². The lowest BCUT2D eigenvalue weighted by atomic mass is 10.4. The summed E-state index contributed by atoms with van der Waals surface area (Å²) < 4.78 is 0. The normalized spacial score (nSPS) is 9.29. The lowest BCUT2D eigenvalue weighted by Gasteiger charge is -1.76.